The van der Waals surface area contributed by atoms with E-state index in [4.69, 9.17) is 0 Å². The van der Waals surface area contributed by atoms with Gasteiger partial charge < -0.3 is 15.4 Å². The standard InChI is InChI=1S/C20H22F4N4O.HI/c1-25-18(28-12-19(8-9-19)15-4-2-3-5-16(15)21)27-11-14-6-7-17(26-10-14)29-13-20(22,23)24;/h2-7,10H,8-9,11-13H2,1H3,(H2,25,27,28);1H. The zero-order valence-electron chi connectivity index (χ0n) is 16.3. The van der Waals surface area contributed by atoms with Crippen LogP contribution in [-0.2, 0) is 12.0 Å². The molecule has 3 rings (SSSR count). The Morgan fingerprint density at radius 2 is 1.90 bits per heavy atom. The van der Waals surface area contributed by atoms with Crippen molar-refractivity contribution in [1.82, 2.24) is 15.6 Å². The van der Waals surface area contributed by atoms with Crippen LogP contribution in [0.3, 0.4) is 0 Å². The lowest BCUT2D eigenvalue weighted by Gasteiger charge is -2.19. The Kier molecular flexibility index (Phi) is 8.27. The van der Waals surface area contributed by atoms with Gasteiger partial charge in [0.25, 0.3) is 0 Å². The molecular formula is C20H23F4IN4O. The minimum absolute atomic E-state index is 0. The summed E-state index contributed by atoms with van der Waals surface area (Å²) in [6.45, 7) is -0.451. The summed E-state index contributed by atoms with van der Waals surface area (Å²) < 4.78 is 55.2. The van der Waals surface area contributed by atoms with Gasteiger partial charge in [0.15, 0.2) is 12.6 Å². The molecule has 0 amide bonds. The molecule has 1 aliphatic carbocycles. The lowest BCUT2D eigenvalue weighted by atomic mass is 9.95. The molecule has 0 radical (unpaired) electrons. The van der Waals surface area contributed by atoms with Gasteiger partial charge in [0.1, 0.15) is 5.82 Å². The van der Waals surface area contributed by atoms with E-state index in [1.54, 1.807) is 19.2 Å². The molecular weight excluding hydrogens is 515 g/mol. The first-order valence-electron chi connectivity index (χ1n) is 9.15. The van der Waals surface area contributed by atoms with Crippen molar-refractivity contribution in [1.29, 1.82) is 0 Å². The summed E-state index contributed by atoms with van der Waals surface area (Å²) in [7, 11) is 1.63. The number of halogens is 5. The van der Waals surface area contributed by atoms with E-state index in [1.807, 2.05) is 12.1 Å². The van der Waals surface area contributed by atoms with Gasteiger partial charge in [-0.2, -0.15) is 13.2 Å². The summed E-state index contributed by atoms with van der Waals surface area (Å²) in [5.74, 6) is 0.257. The molecule has 1 aliphatic rings. The van der Waals surface area contributed by atoms with Gasteiger partial charge in [0.2, 0.25) is 5.88 Å². The molecule has 1 heterocycles. The quantitative estimate of drug-likeness (QED) is 0.241. The van der Waals surface area contributed by atoms with Crippen molar-refractivity contribution in [3.05, 3.63) is 59.5 Å². The van der Waals surface area contributed by atoms with Crippen molar-refractivity contribution < 1.29 is 22.3 Å². The highest BCUT2D eigenvalue weighted by Gasteiger charge is 2.45. The Hall–Kier alpha value is -2.11. The highest BCUT2D eigenvalue weighted by atomic mass is 127. The van der Waals surface area contributed by atoms with Crippen LogP contribution in [0.4, 0.5) is 17.6 Å². The fraction of sp³-hybridized carbons (Fsp3) is 0.400. The first-order chi connectivity index (χ1) is 13.8. The topological polar surface area (TPSA) is 58.5 Å². The number of alkyl halides is 3. The fourth-order valence-electron chi connectivity index (χ4n) is 3.00. The second-order valence-electron chi connectivity index (χ2n) is 6.95. The van der Waals surface area contributed by atoms with Crippen LogP contribution >= 0.6 is 24.0 Å². The zero-order valence-corrected chi connectivity index (χ0v) is 18.6. The molecule has 0 saturated heterocycles. The number of benzene rings is 1. The molecule has 10 heteroatoms. The van der Waals surface area contributed by atoms with Crippen LogP contribution in [0.15, 0.2) is 47.6 Å². The molecule has 0 bridgehead atoms. The van der Waals surface area contributed by atoms with Crippen molar-refractivity contribution >= 4 is 29.9 Å². The molecule has 1 fully saturated rings. The largest absolute Gasteiger partial charge is 0.468 e. The van der Waals surface area contributed by atoms with Crippen LogP contribution in [-0.4, -0.2) is 37.3 Å². The maximum atomic E-state index is 14.1. The summed E-state index contributed by atoms with van der Waals surface area (Å²) in [5, 5.41) is 6.33. The molecule has 1 saturated carbocycles. The second kappa shape index (κ2) is 10.3. The summed E-state index contributed by atoms with van der Waals surface area (Å²) in [6, 6.07) is 9.81. The molecule has 0 spiro atoms. The maximum Gasteiger partial charge on any atom is 0.422 e. The fourth-order valence-corrected chi connectivity index (χ4v) is 3.00. The Labute approximate surface area is 189 Å². The number of nitrogens with one attached hydrogen (secondary N) is 2. The minimum atomic E-state index is -4.40. The molecule has 2 aromatic rings. The van der Waals surface area contributed by atoms with Crippen LogP contribution in [0.1, 0.15) is 24.0 Å². The number of nitrogens with zero attached hydrogens (tertiary/aromatic N) is 2. The molecule has 164 valence electrons. The number of hydrogen-bond acceptors (Lipinski definition) is 3. The Morgan fingerprint density at radius 1 is 1.17 bits per heavy atom. The number of aliphatic imine (C=N–C) groups is 1. The Balaban J connectivity index is 0.00000320. The normalized spacial score (nSPS) is 15.2. The molecule has 1 aromatic carbocycles. The van der Waals surface area contributed by atoms with Crippen LogP contribution in [0, 0.1) is 5.82 Å². The van der Waals surface area contributed by atoms with E-state index in [0.717, 1.165) is 18.4 Å². The van der Waals surface area contributed by atoms with E-state index in [-0.39, 0.29) is 41.1 Å². The van der Waals surface area contributed by atoms with Gasteiger partial charge in [0, 0.05) is 37.8 Å². The Morgan fingerprint density at radius 3 is 2.47 bits per heavy atom. The molecule has 2 N–H and O–H groups in total. The highest BCUT2D eigenvalue weighted by Crippen LogP contribution is 2.48. The van der Waals surface area contributed by atoms with Gasteiger partial charge in [-0.3, -0.25) is 4.99 Å². The lowest BCUT2D eigenvalue weighted by molar-refractivity contribution is -0.154. The van der Waals surface area contributed by atoms with Gasteiger partial charge in [0.05, 0.1) is 0 Å². The van der Waals surface area contributed by atoms with Crippen LogP contribution in [0.25, 0.3) is 0 Å². The molecule has 0 unspecified atom stereocenters. The van der Waals surface area contributed by atoms with E-state index in [0.29, 0.717) is 24.6 Å². The van der Waals surface area contributed by atoms with Crippen LogP contribution < -0.4 is 15.4 Å². The predicted octanol–water partition coefficient (Wildman–Crippen LogP) is 4.18. The summed E-state index contributed by atoms with van der Waals surface area (Å²) in [4.78, 5) is 8.02. The van der Waals surface area contributed by atoms with Crippen molar-refractivity contribution in [3.63, 3.8) is 0 Å². The number of rotatable bonds is 7. The molecule has 1 aromatic heterocycles. The SMILES string of the molecule is CN=C(NCc1ccc(OCC(F)(F)F)nc1)NCC1(c2ccccc2F)CC1.I. The predicted molar refractivity (Wildman–Crippen MR) is 117 cm³/mol. The van der Waals surface area contributed by atoms with Crippen molar-refractivity contribution in [2.75, 3.05) is 20.2 Å². The first kappa shape index (κ1) is 24.2. The van der Waals surface area contributed by atoms with Crippen LogP contribution in [0.2, 0.25) is 0 Å². The molecule has 5 nitrogen and oxygen atoms in total. The van der Waals surface area contributed by atoms with Gasteiger partial charge in [-0.1, -0.05) is 24.3 Å². The van der Waals surface area contributed by atoms with Crippen molar-refractivity contribution in [2.24, 2.45) is 4.99 Å². The number of guanidine groups is 1. The van der Waals surface area contributed by atoms with E-state index < -0.39 is 12.8 Å². The zero-order chi connectivity index (χ0) is 20.9. The third kappa shape index (κ3) is 6.71. The van der Waals surface area contributed by atoms with Gasteiger partial charge >= 0.3 is 6.18 Å². The third-order valence-corrected chi connectivity index (χ3v) is 4.76. The molecule has 0 atom stereocenters. The molecule has 30 heavy (non-hydrogen) atoms. The van der Waals surface area contributed by atoms with E-state index in [1.165, 1.54) is 18.3 Å². The maximum absolute atomic E-state index is 14.1. The molecule has 0 aliphatic heterocycles. The average molecular weight is 538 g/mol. The van der Waals surface area contributed by atoms with E-state index >= 15 is 0 Å². The summed E-state index contributed by atoms with van der Waals surface area (Å²) in [5.41, 5.74) is 1.24. The van der Waals surface area contributed by atoms with Crippen LogP contribution in [0.5, 0.6) is 5.88 Å². The van der Waals surface area contributed by atoms with Gasteiger partial charge in [-0.05, 0) is 30.0 Å². The lowest BCUT2D eigenvalue weighted by Crippen LogP contribution is -2.41. The van der Waals surface area contributed by atoms with Gasteiger partial charge in [-0.15, -0.1) is 24.0 Å². The van der Waals surface area contributed by atoms with Crippen molar-refractivity contribution in [2.45, 2.75) is 31.0 Å². The monoisotopic (exact) mass is 538 g/mol. The number of hydrogen-bond donors (Lipinski definition) is 2. The first-order valence-corrected chi connectivity index (χ1v) is 9.15. The third-order valence-electron chi connectivity index (χ3n) is 4.76. The summed E-state index contributed by atoms with van der Waals surface area (Å²) >= 11 is 0. The highest BCUT2D eigenvalue weighted by molar-refractivity contribution is 14.0. The Bertz CT molecular complexity index is 855. The number of pyridine rings is 1. The van der Waals surface area contributed by atoms with E-state index in [9.17, 15) is 17.6 Å². The van der Waals surface area contributed by atoms with Crippen molar-refractivity contribution in [3.8, 4) is 5.88 Å². The summed E-state index contributed by atoms with van der Waals surface area (Å²) in [6.07, 6.45) is -1.15. The smallest absolute Gasteiger partial charge is 0.422 e. The second-order valence-corrected chi connectivity index (χ2v) is 6.95. The minimum Gasteiger partial charge on any atom is -0.468 e. The number of ether oxygens (including phenoxy) is 1. The van der Waals surface area contributed by atoms with Gasteiger partial charge in [-0.25, -0.2) is 9.37 Å². The average Bonchev–Trinajstić information content (AvgIpc) is 3.48. The number of aromatic nitrogens is 1. The van der Waals surface area contributed by atoms with E-state index in [2.05, 4.69) is 25.3 Å².